The van der Waals surface area contributed by atoms with E-state index in [1.54, 1.807) is 6.92 Å². The lowest BCUT2D eigenvalue weighted by Gasteiger charge is -2.15. The molecule has 0 fully saturated rings. The van der Waals surface area contributed by atoms with Crippen LogP contribution in [0.3, 0.4) is 0 Å². The number of anilines is 2. The molecular weight excluding hydrogens is 493 g/mol. The van der Waals surface area contributed by atoms with Crippen LogP contribution in [0.25, 0.3) is 0 Å². The molecule has 2 aromatic heterocycles. The number of hydrogen-bond acceptors (Lipinski definition) is 6. The number of aromatic nitrogens is 2. The minimum absolute atomic E-state index is 0.0110. The van der Waals surface area contributed by atoms with Crippen molar-refractivity contribution >= 4 is 38.9 Å². The van der Waals surface area contributed by atoms with Crippen LogP contribution in [0.2, 0.25) is 5.02 Å². The molecule has 0 radical (unpaired) electrons. The summed E-state index contributed by atoms with van der Waals surface area (Å²) >= 11 is 5.60. The highest BCUT2D eigenvalue weighted by molar-refractivity contribution is 7.92. The number of alkyl halides is 3. The summed E-state index contributed by atoms with van der Waals surface area (Å²) in [6, 6.07) is 5.17. The first-order valence-electron chi connectivity index (χ1n) is 10.0. The van der Waals surface area contributed by atoms with Gasteiger partial charge in [-0.25, -0.2) is 13.4 Å². The maximum Gasteiger partial charge on any atom is 0.417 e. The van der Waals surface area contributed by atoms with Crippen molar-refractivity contribution < 1.29 is 26.4 Å². The van der Waals surface area contributed by atoms with E-state index in [1.807, 2.05) is 6.92 Å². The number of nitrogens with one attached hydrogen (secondary N) is 2. The number of ketones is 1. The predicted octanol–water partition coefficient (Wildman–Crippen LogP) is 5.02. The Labute approximate surface area is 198 Å². The normalized spacial score (nSPS) is 15.5. The molecule has 3 aromatic rings. The van der Waals surface area contributed by atoms with Gasteiger partial charge in [0, 0.05) is 36.0 Å². The van der Waals surface area contributed by atoms with E-state index in [0.717, 1.165) is 12.1 Å². The monoisotopic (exact) mass is 510 g/mol. The van der Waals surface area contributed by atoms with Crippen molar-refractivity contribution in [1.29, 1.82) is 0 Å². The summed E-state index contributed by atoms with van der Waals surface area (Å²) in [6.45, 7) is 4.15. The van der Waals surface area contributed by atoms with Crippen molar-refractivity contribution in [2.24, 2.45) is 0 Å². The average Bonchev–Trinajstić information content (AvgIpc) is 3.13. The molecule has 1 aromatic carbocycles. The molecule has 0 saturated carbocycles. The fourth-order valence-corrected chi connectivity index (χ4v) is 5.02. The fraction of sp³-hybridized carbons (Fsp3) is 0.227. The molecule has 0 saturated heterocycles. The van der Waals surface area contributed by atoms with Crippen molar-refractivity contribution in [3.8, 4) is 0 Å². The van der Waals surface area contributed by atoms with Gasteiger partial charge < -0.3 is 5.32 Å². The minimum atomic E-state index is -4.85. The quantitative estimate of drug-likeness (QED) is 0.467. The highest BCUT2D eigenvalue weighted by atomic mass is 35.5. The van der Waals surface area contributed by atoms with Gasteiger partial charge in [0.2, 0.25) is 5.78 Å². The molecule has 1 atom stereocenters. The Morgan fingerprint density at radius 1 is 1.21 bits per heavy atom. The average molecular weight is 511 g/mol. The van der Waals surface area contributed by atoms with Gasteiger partial charge in [0.15, 0.2) is 0 Å². The molecule has 34 heavy (non-hydrogen) atoms. The van der Waals surface area contributed by atoms with Crippen molar-refractivity contribution in [2.75, 3.05) is 16.6 Å². The first-order chi connectivity index (χ1) is 15.9. The Morgan fingerprint density at radius 3 is 2.65 bits per heavy atom. The number of carbonyl (C=O) groups excluding carboxylic acids is 1. The van der Waals surface area contributed by atoms with Gasteiger partial charge in [0.25, 0.3) is 10.0 Å². The number of sulfonamides is 1. The van der Waals surface area contributed by atoms with E-state index in [-0.39, 0.29) is 17.3 Å². The molecule has 2 N–H and O–H groups in total. The number of fused-ring (bicyclic) bond motifs is 1. The maximum atomic E-state index is 13.4. The standard InChI is InChI=1S/C22H18ClF3N4O3S/c1-11-7-17(30-34(32,33)13-3-4-16(23)15(8-13)22(24,25)26)19(28-9-11)20(31)14-5-6-27-21-18(14)12(2)10-29-21/h3-9,12,30H,10H2,1-2H3,(H,27,29). The van der Waals surface area contributed by atoms with Gasteiger partial charge in [-0.2, -0.15) is 13.2 Å². The lowest BCUT2D eigenvalue weighted by atomic mass is 9.95. The van der Waals surface area contributed by atoms with Crippen LogP contribution in [-0.4, -0.2) is 30.7 Å². The molecule has 7 nitrogen and oxygen atoms in total. The smallest absolute Gasteiger partial charge is 0.369 e. The van der Waals surface area contributed by atoms with E-state index in [0.29, 0.717) is 35.1 Å². The molecule has 1 aliphatic rings. The van der Waals surface area contributed by atoms with Crippen LogP contribution in [0.4, 0.5) is 24.7 Å². The molecule has 4 rings (SSSR count). The Balaban J connectivity index is 1.76. The van der Waals surface area contributed by atoms with Crippen LogP contribution >= 0.6 is 11.6 Å². The first-order valence-corrected chi connectivity index (χ1v) is 11.9. The van der Waals surface area contributed by atoms with Crippen LogP contribution in [0.5, 0.6) is 0 Å². The Kier molecular flexibility index (Phi) is 6.03. The van der Waals surface area contributed by atoms with Crippen LogP contribution in [0, 0.1) is 6.92 Å². The SMILES string of the molecule is Cc1cnc(C(=O)c2ccnc3c2C(C)CN3)c(NS(=O)(=O)c2ccc(Cl)c(C(F)(F)F)c2)c1. The van der Waals surface area contributed by atoms with Crippen molar-refractivity contribution in [1.82, 2.24) is 9.97 Å². The number of nitrogens with zero attached hydrogens (tertiary/aromatic N) is 2. The molecule has 1 unspecified atom stereocenters. The molecule has 0 spiro atoms. The number of aryl methyl sites for hydroxylation is 1. The van der Waals surface area contributed by atoms with E-state index in [9.17, 15) is 26.4 Å². The van der Waals surface area contributed by atoms with Gasteiger partial charge in [0.1, 0.15) is 11.5 Å². The van der Waals surface area contributed by atoms with Gasteiger partial charge in [-0.1, -0.05) is 18.5 Å². The van der Waals surface area contributed by atoms with E-state index in [2.05, 4.69) is 20.0 Å². The second kappa shape index (κ2) is 8.55. The van der Waals surface area contributed by atoms with E-state index in [1.165, 1.54) is 24.5 Å². The Morgan fingerprint density at radius 2 is 1.94 bits per heavy atom. The second-order valence-corrected chi connectivity index (χ2v) is 9.98. The van der Waals surface area contributed by atoms with Crippen molar-refractivity contribution in [3.05, 3.63) is 75.7 Å². The molecule has 0 amide bonds. The third-order valence-corrected chi connectivity index (χ3v) is 7.03. The van der Waals surface area contributed by atoms with Crippen LogP contribution in [0.1, 0.15) is 45.6 Å². The van der Waals surface area contributed by atoms with Crippen LogP contribution in [0.15, 0.2) is 47.6 Å². The van der Waals surface area contributed by atoms with E-state index in [4.69, 9.17) is 11.6 Å². The number of pyridine rings is 2. The number of benzene rings is 1. The van der Waals surface area contributed by atoms with E-state index >= 15 is 0 Å². The van der Waals surface area contributed by atoms with Gasteiger partial charge in [0.05, 0.1) is 21.2 Å². The number of carbonyl (C=O) groups is 1. The highest BCUT2D eigenvalue weighted by Gasteiger charge is 2.35. The van der Waals surface area contributed by atoms with Gasteiger partial charge in [-0.05, 0) is 42.8 Å². The zero-order valence-electron chi connectivity index (χ0n) is 17.9. The Hall–Kier alpha value is -3.18. The molecule has 12 heteroatoms. The molecule has 0 bridgehead atoms. The molecule has 1 aliphatic heterocycles. The zero-order valence-corrected chi connectivity index (χ0v) is 19.4. The summed E-state index contributed by atoms with van der Waals surface area (Å²) in [7, 11) is -4.52. The lowest BCUT2D eigenvalue weighted by Crippen LogP contribution is -2.19. The van der Waals surface area contributed by atoms with Gasteiger partial charge >= 0.3 is 6.18 Å². The van der Waals surface area contributed by atoms with Crippen LogP contribution in [-0.2, 0) is 16.2 Å². The van der Waals surface area contributed by atoms with Gasteiger partial charge in [-0.3, -0.25) is 14.5 Å². The number of rotatable bonds is 5. The predicted molar refractivity (Wildman–Crippen MR) is 121 cm³/mol. The minimum Gasteiger partial charge on any atom is -0.369 e. The Bertz CT molecular complexity index is 1410. The number of halogens is 4. The number of hydrogen-bond donors (Lipinski definition) is 2. The summed E-state index contributed by atoms with van der Waals surface area (Å²) in [5.41, 5.74) is -0.0911. The first kappa shape index (κ1) is 24.0. The largest absolute Gasteiger partial charge is 0.417 e. The summed E-state index contributed by atoms with van der Waals surface area (Å²) in [5, 5.41) is 2.47. The molecular formula is C22H18ClF3N4O3S. The van der Waals surface area contributed by atoms with Crippen LogP contribution < -0.4 is 10.0 Å². The van der Waals surface area contributed by atoms with Gasteiger partial charge in [-0.15, -0.1) is 0 Å². The molecule has 3 heterocycles. The maximum absolute atomic E-state index is 13.4. The summed E-state index contributed by atoms with van der Waals surface area (Å²) in [6.07, 6.45) is -1.99. The van der Waals surface area contributed by atoms with E-state index < -0.39 is 37.5 Å². The lowest BCUT2D eigenvalue weighted by molar-refractivity contribution is -0.137. The molecule has 178 valence electrons. The summed E-state index contributed by atoms with van der Waals surface area (Å²) in [4.78, 5) is 21.1. The summed E-state index contributed by atoms with van der Waals surface area (Å²) in [5.74, 6) is 0.00974. The highest BCUT2D eigenvalue weighted by Crippen LogP contribution is 2.37. The van der Waals surface area contributed by atoms with Crippen molar-refractivity contribution in [2.45, 2.75) is 30.8 Å². The fourth-order valence-electron chi connectivity index (χ4n) is 3.71. The zero-order chi connectivity index (χ0) is 24.8. The third kappa shape index (κ3) is 4.45. The van der Waals surface area contributed by atoms with Crippen molar-refractivity contribution in [3.63, 3.8) is 0 Å². The second-order valence-electron chi connectivity index (χ2n) is 7.89. The topological polar surface area (TPSA) is 101 Å². The third-order valence-electron chi connectivity index (χ3n) is 5.34. The summed E-state index contributed by atoms with van der Waals surface area (Å²) < 4.78 is 67.9. The molecule has 0 aliphatic carbocycles.